The minimum Gasteiger partial charge on any atom is -0.324 e. The van der Waals surface area contributed by atoms with Gasteiger partial charge >= 0.3 is 0 Å². The molecular weight excluding hydrogens is 350 g/mol. The van der Waals surface area contributed by atoms with Crippen molar-refractivity contribution in [2.24, 2.45) is 0 Å². The molecule has 0 aliphatic rings. The normalized spacial score (nSPS) is 10.4. The molecule has 0 fully saturated rings. The van der Waals surface area contributed by atoms with Crippen LogP contribution in [-0.4, -0.2) is 15.9 Å². The van der Waals surface area contributed by atoms with E-state index >= 15 is 0 Å². The summed E-state index contributed by atoms with van der Waals surface area (Å²) in [6, 6.07) is 10.1. The minimum absolute atomic E-state index is 0.139. The van der Waals surface area contributed by atoms with Crippen molar-refractivity contribution in [1.82, 2.24) is 9.97 Å². The average molecular weight is 361 g/mol. The summed E-state index contributed by atoms with van der Waals surface area (Å²) in [7, 11) is 0. The van der Waals surface area contributed by atoms with Gasteiger partial charge in [0.2, 0.25) is 5.95 Å². The molecule has 3 rings (SSSR count). The predicted octanol–water partition coefficient (Wildman–Crippen LogP) is 4.40. The van der Waals surface area contributed by atoms with Crippen molar-refractivity contribution in [2.45, 2.75) is 0 Å². The van der Waals surface area contributed by atoms with E-state index in [0.717, 1.165) is 12.1 Å². The van der Waals surface area contributed by atoms with Crippen LogP contribution in [0.3, 0.4) is 0 Å². The first-order valence-electron chi connectivity index (χ1n) is 7.13. The molecule has 0 aliphatic heterocycles. The Morgan fingerprint density at radius 3 is 2.40 bits per heavy atom. The number of aromatic nitrogens is 2. The summed E-state index contributed by atoms with van der Waals surface area (Å²) in [6.45, 7) is 0. The molecule has 1 aromatic heterocycles. The first-order valence-corrected chi connectivity index (χ1v) is 7.51. The lowest BCUT2D eigenvalue weighted by Crippen LogP contribution is -2.13. The van der Waals surface area contributed by atoms with E-state index in [4.69, 9.17) is 11.6 Å². The molecule has 3 aromatic rings. The van der Waals surface area contributed by atoms with Gasteiger partial charge in [-0.05, 0) is 24.3 Å². The standard InChI is InChI=1S/C17H11ClF2N4O/c18-12-3-1-2-4-15(12)24-16(25)10-8-21-17(22-9-10)23-11-5-6-13(19)14(20)7-11/h1-9H,(H,24,25)(H,21,22,23). The summed E-state index contributed by atoms with van der Waals surface area (Å²) >= 11 is 5.98. The zero-order valence-electron chi connectivity index (χ0n) is 12.6. The van der Waals surface area contributed by atoms with Gasteiger partial charge in [0.05, 0.1) is 16.3 Å². The van der Waals surface area contributed by atoms with Crippen molar-refractivity contribution in [3.05, 3.63) is 77.1 Å². The fourth-order valence-electron chi connectivity index (χ4n) is 1.97. The lowest BCUT2D eigenvalue weighted by molar-refractivity contribution is 0.102. The lowest BCUT2D eigenvalue weighted by Gasteiger charge is -2.08. The molecule has 0 spiro atoms. The summed E-state index contributed by atoms with van der Waals surface area (Å²) in [6.07, 6.45) is 2.61. The Labute approximate surface area is 146 Å². The van der Waals surface area contributed by atoms with E-state index < -0.39 is 17.5 Å². The van der Waals surface area contributed by atoms with Crippen molar-refractivity contribution in [3.63, 3.8) is 0 Å². The van der Waals surface area contributed by atoms with Crippen LogP contribution in [0, 0.1) is 11.6 Å². The van der Waals surface area contributed by atoms with E-state index in [1.54, 1.807) is 24.3 Å². The third kappa shape index (κ3) is 4.07. The van der Waals surface area contributed by atoms with Gasteiger partial charge in [-0.2, -0.15) is 0 Å². The van der Waals surface area contributed by atoms with Gasteiger partial charge in [0, 0.05) is 24.1 Å². The number of halogens is 3. The lowest BCUT2D eigenvalue weighted by atomic mass is 10.2. The molecule has 2 N–H and O–H groups in total. The fraction of sp³-hybridized carbons (Fsp3) is 0. The van der Waals surface area contributed by atoms with Crippen molar-refractivity contribution < 1.29 is 13.6 Å². The van der Waals surface area contributed by atoms with Gasteiger partial charge in [0.15, 0.2) is 11.6 Å². The van der Waals surface area contributed by atoms with Crippen LogP contribution in [0.15, 0.2) is 54.9 Å². The number of hydrogen-bond donors (Lipinski definition) is 2. The number of nitrogens with one attached hydrogen (secondary N) is 2. The van der Waals surface area contributed by atoms with Crippen LogP contribution in [0.1, 0.15) is 10.4 Å². The van der Waals surface area contributed by atoms with Crippen molar-refractivity contribution >= 4 is 34.8 Å². The molecule has 1 heterocycles. The highest BCUT2D eigenvalue weighted by molar-refractivity contribution is 6.33. The Morgan fingerprint density at radius 1 is 1.00 bits per heavy atom. The van der Waals surface area contributed by atoms with E-state index in [-0.39, 0.29) is 17.2 Å². The Balaban J connectivity index is 1.70. The summed E-state index contributed by atoms with van der Waals surface area (Å²) in [5.74, 6) is -2.22. The summed E-state index contributed by atoms with van der Waals surface area (Å²) < 4.78 is 26.1. The maximum Gasteiger partial charge on any atom is 0.258 e. The number of para-hydroxylation sites is 1. The van der Waals surface area contributed by atoms with E-state index in [0.29, 0.717) is 10.7 Å². The van der Waals surface area contributed by atoms with Gasteiger partial charge in [-0.1, -0.05) is 23.7 Å². The molecule has 1 amide bonds. The number of benzene rings is 2. The molecule has 0 unspecified atom stereocenters. The molecule has 126 valence electrons. The first-order chi connectivity index (χ1) is 12.0. The van der Waals surface area contributed by atoms with Crippen molar-refractivity contribution in [3.8, 4) is 0 Å². The Morgan fingerprint density at radius 2 is 1.72 bits per heavy atom. The second-order valence-corrected chi connectivity index (χ2v) is 5.39. The SMILES string of the molecule is O=C(Nc1ccccc1Cl)c1cnc(Nc2ccc(F)c(F)c2)nc1. The number of anilines is 3. The number of amides is 1. The Kier molecular flexibility index (Phi) is 4.85. The topological polar surface area (TPSA) is 66.9 Å². The zero-order chi connectivity index (χ0) is 17.8. The monoisotopic (exact) mass is 360 g/mol. The molecule has 5 nitrogen and oxygen atoms in total. The highest BCUT2D eigenvalue weighted by atomic mass is 35.5. The van der Waals surface area contributed by atoms with Crippen LogP contribution in [0.2, 0.25) is 5.02 Å². The van der Waals surface area contributed by atoms with E-state index in [1.165, 1.54) is 18.5 Å². The molecule has 8 heteroatoms. The highest BCUT2D eigenvalue weighted by Crippen LogP contribution is 2.21. The first kappa shape index (κ1) is 16.8. The molecule has 0 saturated carbocycles. The third-order valence-corrected chi connectivity index (χ3v) is 3.54. The van der Waals surface area contributed by atoms with Crippen LogP contribution in [0.25, 0.3) is 0 Å². The molecule has 2 aromatic carbocycles. The van der Waals surface area contributed by atoms with Crippen LogP contribution in [0.4, 0.5) is 26.1 Å². The van der Waals surface area contributed by atoms with Crippen LogP contribution < -0.4 is 10.6 Å². The predicted molar refractivity (Wildman–Crippen MR) is 91.1 cm³/mol. The van der Waals surface area contributed by atoms with Gasteiger partial charge < -0.3 is 10.6 Å². The number of nitrogens with zero attached hydrogens (tertiary/aromatic N) is 2. The second kappa shape index (κ2) is 7.23. The third-order valence-electron chi connectivity index (χ3n) is 3.21. The highest BCUT2D eigenvalue weighted by Gasteiger charge is 2.10. The Hall–Kier alpha value is -3.06. The number of carbonyl (C=O) groups is 1. The summed E-state index contributed by atoms with van der Waals surface area (Å²) in [5, 5.41) is 5.77. The zero-order valence-corrected chi connectivity index (χ0v) is 13.4. The van der Waals surface area contributed by atoms with Gasteiger partial charge in [0.25, 0.3) is 5.91 Å². The molecule has 0 radical (unpaired) electrons. The quantitative estimate of drug-likeness (QED) is 0.723. The number of hydrogen-bond acceptors (Lipinski definition) is 4. The van der Waals surface area contributed by atoms with Gasteiger partial charge in [-0.15, -0.1) is 0 Å². The molecular formula is C17H11ClF2N4O. The minimum atomic E-state index is -0.985. The smallest absolute Gasteiger partial charge is 0.258 e. The van der Waals surface area contributed by atoms with Crippen LogP contribution >= 0.6 is 11.6 Å². The number of carbonyl (C=O) groups excluding carboxylic acids is 1. The van der Waals surface area contributed by atoms with Crippen molar-refractivity contribution in [1.29, 1.82) is 0 Å². The van der Waals surface area contributed by atoms with Crippen molar-refractivity contribution in [2.75, 3.05) is 10.6 Å². The molecule has 0 atom stereocenters. The summed E-state index contributed by atoms with van der Waals surface area (Å²) in [4.78, 5) is 20.1. The van der Waals surface area contributed by atoms with Gasteiger partial charge in [-0.25, -0.2) is 18.7 Å². The average Bonchev–Trinajstić information content (AvgIpc) is 2.61. The van der Waals surface area contributed by atoms with E-state index in [1.807, 2.05) is 0 Å². The molecule has 0 saturated heterocycles. The molecule has 0 bridgehead atoms. The fourth-order valence-corrected chi connectivity index (χ4v) is 2.15. The van der Waals surface area contributed by atoms with Crippen LogP contribution in [0.5, 0.6) is 0 Å². The molecule has 0 aliphatic carbocycles. The summed E-state index contributed by atoms with van der Waals surface area (Å²) in [5.41, 5.74) is 0.973. The number of rotatable bonds is 4. The maximum atomic E-state index is 13.2. The van der Waals surface area contributed by atoms with E-state index in [2.05, 4.69) is 20.6 Å². The second-order valence-electron chi connectivity index (χ2n) is 4.98. The van der Waals surface area contributed by atoms with E-state index in [9.17, 15) is 13.6 Å². The van der Waals surface area contributed by atoms with Gasteiger partial charge in [0.1, 0.15) is 0 Å². The Bertz CT molecular complexity index is 919. The largest absolute Gasteiger partial charge is 0.324 e. The van der Waals surface area contributed by atoms with Gasteiger partial charge in [-0.3, -0.25) is 4.79 Å². The maximum absolute atomic E-state index is 13.2. The van der Waals surface area contributed by atoms with Crippen LogP contribution in [-0.2, 0) is 0 Å². The molecule has 25 heavy (non-hydrogen) atoms.